The van der Waals surface area contributed by atoms with Crippen LogP contribution >= 0.6 is 0 Å². The average molecular weight is 346 g/mol. The number of nitrogens with one attached hydrogen (secondary N) is 1. The van der Waals surface area contributed by atoms with Crippen LogP contribution in [-0.4, -0.2) is 44.5 Å². The molecule has 0 bridgehead atoms. The molecule has 128 valence electrons. The van der Waals surface area contributed by atoms with Crippen molar-refractivity contribution in [3.63, 3.8) is 0 Å². The minimum Gasteiger partial charge on any atom is -0.275 e. The molecule has 8 nitrogen and oxygen atoms in total. The number of hydrogen-bond acceptors (Lipinski definition) is 5. The first-order valence-corrected chi connectivity index (χ1v) is 7.91. The molecule has 1 fully saturated rings. The van der Waals surface area contributed by atoms with E-state index in [1.807, 2.05) is 48.7 Å². The van der Waals surface area contributed by atoms with Gasteiger partial charge in [0, 0.05) is 29.7 Å². The zero-order chi connectivity index (χ0) is 17.9. The molecule has 0 radical (unpaired) electrons. The van der Waals surface area contributed by atoms with Gasteiger partial charge in [0.25, 0.3) is 0 Å². The van der Waals surface area contributed by atoms with Crippen molar-refractivity contribution in [2.24, 2.45) is 5.10 Å². The third-order valence-corrected chi connectivity index (χ3v) is 3.81. The Bertz CT molecular complexity index is 981. The van der Waals surface area contributed by atoms with E-state index in [1.165, 1.54) is 6.21 Å². The van der Waals surface area contributed by atoms with Gasteiger partial charge in [0.05, 0.1) is 11.9 Å². The average Bonchev–Trinajstić information content (AvgIpc) is 3.24. The largest absolute Gasteiger partial charge is 0.344 e. The van der Waals surface area contributed by atoms with Crippen LogP contribution in [0.2, 0.25) is 0 Å². The Labute approximate surface area is 148 Å². The monoisotopic (exact) mass is 346 g/mol. The van der Waals surface area contributed by atoms with Gasteiger partial charge in [-0.25, -0.2) is 14.5 Å². The van der Waals surface area contributed by atoms with Crippen LogP contribution in [-0.2, 0) is 4.79 Å². The fourth-order valence-corrected chi connectivity index (χ4v) is 2.58. The van der Waals surface area contributed by atoms with Gasteiger partial charge in [-0.1, -0.05) is 18.2 Å². The number of amides is 3. The van der Waals surface area contributed by atoms with Crippen LogP contribution in [0.3, 0.4) is 0 Å². The molecule has 1 aliphatic rings. The molecular formula is C18H14N6O2. The van der Waals surface area contributed by atoms with Crippen molar-refractivity contribution in [3.05, 3.63) is 66.6 Å². The summed E-state index contributed by atoms with van der Waals surface area (Å²) in [5.74, 6) is -0.375. The summed E-state index contributed by atoms with van der Waals surface area (Å²) in [6.07, 6.45) is 6.73. The first kappa shape index (κ1) is 15.7. The maximum absolute atomic E-state index is 11.6. The molecule has 0 spiro atoms. The Kier molecular flexibility index (Phi) is 3.98. The van der Waals surface area contributed by atoms with Crippen molar-refractivity contribution < 1.29 is 9.59 Å². The van der Waals surface area contributed by atoms with Gasteiger partial charge < -0.3 is 0 Å². The Balaban J connectivity index is 1.73. The van der Waals surface area contributed by atoms with E-state index < -0.39 is 6.03 Å². The zero-order valence-corrected chi connectivity index (χ0v) is 13.6. The number of para-hydroxylation sites is 1. The molecule has 3 amide bonds. The Hall–Kier alpha value is -3.81. The highest BCUT2D eigenvalue weighted by atomic mass is 16.2. The van der Waals surface area contributed by atoms with Gasteiger partial charge in [-0.2, -0.15) is 10.2 Å². The number of aromatic nitrogens is 3. The summed E-state index contributed by atoms with van der Waals surface area (Å²) in [6, 6.07) is 12.8. The van der Waals surface area contributed by atoms with E-state index in [-0.39, 0.29) is 12.5 Å². The van der Waals surface area contributed by atoms with Crippen molar-refractivity contribution in [1.82, 2.24) is 25.1 Å². The SMILES string of the molecule is O=C1CN(/N=C\c2cn(-c3ccccc3)nc2-c2cccnc2)C(=O)N1. The lowest BCUT2D eigenvalue weighted by Gasteiger charge is -2.04. The van der Waals surface area contributed by atoms with Gasteiger partial charge >= 0.3 is 6.03 Å². The Morgan fingerprint density at radius 2 is 1.96 bits per heavy atom. The number of benzene rings is 1. The second-order valence-electron chi connectivity index (χ2n) is 5.61. The molecule has 1 aromatic carbocycles. The zero-order valence-electron chi connectivity index (χ0n) is 13.6. The van der Waals surface area contributed by atoms with Crippen molar-refractivity contribution in [1.29, 1.82) is 0 Å². The van der Waals surface area contributed by atoms with E-state index in [2.05, 4.69) is 20.5 Å². The number of imide groups is 1. The van der Waals surface area contributed by atoms with E-state index in [9.17, 15) is 9.59 Å². The summed E-state index contributed by atoms with van der Waals surface area (Å²) >= 11 is 0. The third kappa shape index (κ3) is 3.07. The molecule has 3 heterocycles. The molecule has 3 aromatic rings. The van der Waals surface area contributed by atoms with Gasteiger partial charge in [0.2, 0.25) is 5.91 Å². The van der Waals surface area contributed by atoms with Crippen LogP contribution in [0.15, 0.2) is 66.2 Å². The van der Waals surface area contributed by atoms with Gasteiger partial charge in [-0.15, -0.1) is 0 Å². The van der Waals surface area contributed by atoms with Crippen molar-refractivity contribution in [2.75, 3.05) is 6.54 Å². The molecule has 26 heavy (non-hydrogen) atoms. The lowest BCUT2D eigenvalue weighted by Crippen LogP contribution is -2.24. The van der Waals surface area contributed by atoms with Crippen LogP contribution in [0.1, 0.15) is 5.56 Å². The molecule has 0 saturated carbocycles. The highest BCUT2D eigenvalue weighted by Crippen LogP contribution is 2.22. The van der Waals surface area contributed by atoms with E-state index in [4.69, 9.17) is 0 Å². The lowest BCUT2D eigenvalue weighted by molar-refractivity contribution is -0.118. The van der Waals surface area contributed by atoms with Crippen molar-refractivity contribution in [2.45, 2.75) is 0 Å². The maximum Gasteiger partial charge on any atom is 0.344 e. The Morgan fingerprint density at radius 3 is 2.65 bits per heavy atom. The quantitative estimate of drug-likeness (QED) is 0.576. The summed E-state index contributed by atoms with van der Waals surface area (Å²) in [4.78, 5) is 27.0. The van der Waals surface area contributed by atoms with Crippen molar-refractivity contribution >= 4 is 18.2 Å². The molecule has 4 rings (SSSR count). The standard InChI is InChI=1S/C18H14N6O2/c25-16-12-24(18(26)21-16)20-10-14-11-23(15-6-2-1-3-7-15)22-17(14)13-5-4-8-19-9-13/h1-11H,12H2,(H,21,25,26)/b20-10-. The van der Waals surface area contributed by atoms with Gasteiger partial charge in [0.1, 0.15) is 12.2 Å². The number of urea groups is 1. The first-order valence-electron chi connectivity index (χ1n) is 7.91. The number of pyridine rings is 1. The summed E-state index contributed by atoms with van der Waals surface area (Å²) in [5, 5.41) is 12.0. The predicted octanol–water partition coefficient (Wildman–Crippen LogP) is 1.82. The van der Waals surface area contributed by atoms with Crippen LogP contribution in [0, 0.1) is 0 Å². The number of rotatable bonds is 4. The number of hydrogen-bond donors (Lipinski definition) is 1. The molecule has 8 heteroatoms. The molecular weight excluding hydrogens is 332 g/mol. The summed E-state index contributed by atoms with van der Waals surface area (Å²) < 4.78 is 1.74. The number of hydrazone groups is 1. The van der Waals surface area contributed by atoms with Crippen molar-refractivity contribution in [3.8, 4) is 16.9 Å². The highest BCUT2D eigenvalue weighted by Gasteiger charge is 2.26. The fraction of sp³-hybridized carbons (Fsp3) is 0.0556. The molecule has 2 aromatic heterocycles. The van der Waals surface area contributed by atoms with Crippen LogP contribution in [0.25, 0.3) is 16.9 Å². The lowest BCUT2D eigenvalue weighted by atomic mass is 10.1. The number of carbonyl (C=O) groups is 2. The van der Waals surface area contributed by atoms with E-state index in [1.54, 1.807) is 17.1 Å². The molecule has 0 aliphatic carbocycles. The summed E-state index contributed by atoms with van der Waals surface area (Å²) in [6.45, 7) is -0.0929. The molecule has 1 saturated heterocycles. The first-order chi connectivity index (χ1) is 12.7. The van der Waals surface area contributed by atoms with Crippen LogP contribution < -0.4 is 5.32 Å². The minimum absolute atomic E-state index is 0.0929. The summed E-state index contributed by atoms with van der Waals surface area (Å²) in [5.41, 5.74) is 3.10. The normalized spacial score (nSPS) is 14.2. The van der Waals surface area contributed by atoms with Crippen LogP contribution in [0.5, 0.6) is 0 Å². The smallest absolute Gasteiger partial charge is 0.275 e. The highest BCUT2D eigenvalue weighted by molar-refractivity contribution is 6.02. The second-order valence-corrected chi connectivity index (χ2v) is 5.61. The van der Waals surface area contributed by atoms with Gasteiger partial charge in [-0.05, 0) is 24.3 Å². The van der Waals surface area contributed by atoms with Gasteiger partial charge in [-0.3, -0.25) is 15.1 Å². The molecule has 1 N–H and O–H groups in total. The number of carbonyl (C=O) groups excluding carboxylic acids is 2. The fourth-order valence-electron chi connectivity index (χ4n) is 2.58. The van der Waals surface area contributed by atoms with E-state index in [0.717, 1.165) is 16.3 Å². The number of nitrogens with zero attached hydrogens (tertiary/aromatic N) is 5. The maximum atomic E-state index is 11.6. The second kappa shape index (κ2) is 6.60. The molecule has 0 atom stereocenters. The molecule has 0 unspecified atom stereocenters. The van der Waals surface area contributed by atoms with Crippen LogP contribution in [0.4, 0.5) is 4.79 Å². The summed E-state index contributed by atoms with van der Waals surface area (Å²) in [7, 11) is 0. The van der Waals surface area contributed by atoms with E-state index in [0.29, 0.717) is 11.3 Å². The third-order valence-electron chi connectivity index (χ3n) is 3.81. The minimum atomic E-state index is -0.537. The molecule has 1 aliphatic heterocycles. The topological polar surface area (TPSA) is 92.5 Å². The van der Waals surface area contributed by atoms with Gasteiger partial charge in [0.15, 0.2) is 0 Å². The van der Waals surface area contributed by atoms with E-state index >= 15 is 0 Å². The predicted molar refractivity (Wildman–Crippen MR) is 94.6 cm³/mol. The Morgan fingerprint density at radius 1 is 1.12 bits per heavy atom.